The smallest absolute Gasteiger partial charge is 0.308 e. The van der Waals surface area contributed by atoms with Crippen molar-refractivity contribution in [2.45, 2.75) is 12.8 Å². The van der Waals surface area contributed by atoms with Gasteiger partial charge in [0, 0.05) is 24.0 Å². The molecule has 2 rings (SSSR count). The van der Waals surface area contributed by atoms with Gasteiger partial charge in [-0.05, 0) is 47.0 Å². The Hall–Kier alpha value is -1.14. The Morgan fingerprint density at radius 3 is 2.65 bits per heavy atom. The molecule has 0 atom stereocenters. The van der Waals surface area contributed by atoms with Crippen LogP contribution in [0, 0.1) is 5.92 Å². The first-order valence-electron chi connectivity index (χ1n) is 6.40. The van der Waals surface area contributed by atoms with Crippen LogP contribution in [0.15, 0.2) is 22.0 Å². The Kier molecular flexibility index (Phi) is 5.37. The number of rotatable bonds is 3. The Labute approximate surface area is 130 Å². The summed E-state index contributed by atoms with van der Waals surface area (Å²) in [5, 5.41) is 0. The lowest BCUT2D eigenvalue weighted by Gasteiger charge is -2.29. The fraction of sp³-hybridized carbons (Fsp3) is 0.429. The molecule has 0 N–H and O–H groups in total. The number of amides is 1. The van der Waals surface area contributed by atoms with E-state index in [1.165, 1.54) is 7.11 Å². The largest absolute Gasteiger partial charge is 0.469 e. The van der Waals surface area contributed by atoms with Gasteiger partial charge in [-0.1, -0.05) is 0 Å². The van der Waals surface area contributed by atoms with Gasteiger partial charge in [0.25, 0.3) is 0 Å². The van der Waals surface area contributed by atoms with E-state index in [1.807, 2.05) is 18.2 Å². The molecule has 2 heterocycles. The van der Waals surface area contributed by atoms with E-state index in [4.69, 9.17) is 4.74 Å². The van der Waals surface area contributed by atoms with Crippen molar-refractivity contribution < 1.29 is 14.3 Å². The third-order valence-electron chi connectivity index (χ3n) is 3.33. The first kappa shape index (κ1) is 15.3. The number of thiophene rings is 1. The zero-order valence-corrected chi connectivity index (χ0v) is 13.6. The first-order valence-corrected chi connectivity index (χ1v) is 8.01. The molecule has 0 aromatic carbocycles. The van der Waals surface area contributed by atoms with Gasteiger partial charge in [0.2, 0.25) is 5.91 Å². The van der Waals surface area contributed by atoms with Crippen molar-refractivity contribution in [1.82, 2.24) is 4.90 Å². The maximum atomic E-state index is 12.0. The molecule has 1 aromatic heterocycles. The fourth-order valence-corrected chi connectivity index (χ4v) is 3.51. The second-order valence-corrected chi connectivity index (χ2v) is 7.09. The molecule has 0 radical (unpaired) electrons. The monoisotopic (exact) mass is 357 g/mol. The number of nitrogens with zero attached hydrogens (tertiary/aromatic N) is 1. The van der Waals surface area contributed by atoms with E-state index in [0.717, 1.165) is 8.66 Å². The van der Waals surface area contributed by atoms with Gasteiger partial charge < -0.3 is 9.64 Å². The molecule has 1 fully saturated rings. The number of esters is 1. The maximum Gasteiger partial charge on any atom is 0.308 e. The summed E-state index contributed by atoms with van der Waals surface area (Å²) < 4.78 is 5.78. The Bertz CT molecular complexity index is 518. The highest BCUT2D eigenvalue weighted by molar-refractivity contribution is 9.11. The third-order valence-corrected chi connectivity index (χ3v) is 4.91. The van der Waals surface area contributed by atoms with E-state index in [9.17, 15) is 9.59 Å². The summed E-state index contributed by atoms with van der Waals surface area (Å²) in [7, 11) is 1.40. The predicted molar refractivity (Wildman–Crippen MR) is 82.4 cm³/mol. The molecule has 1 aliphatic rings. The summed E-state index contributed by atoms with van der Waals surface area (Å²) >= 11 is 4.97. The van der Waals surface area contributed by atoms with Crippen molar-refractivity contribution in [3.05, 3.63) is 26.9 Å². The molecule has 1 saturated heterocycles. The van der Waals surface area contributed by atoms with E-state index >= 15 is 0 Å². The summed E-state index contributed by atoms with van der Waals surface area (Å²) in [6.45, 7) is 1.22. The molecule has 1 amide bonds. The van der Waals surface area contributed by atoms with Crippen molar-refractivity contribution in [1.29, 1.82) is 0 Å². The molecule has 0 saturated carbocycles. The quantitative estimate of drug-likeness (QED) is 0.617. The Morgan fingerprint density at radius 2 is 2.10 bits per heavy atom. The predicted octanol–water partition coefficient (Wildman–Crippen LogP) is 2.94. The van der Waals surface area contributed by atoms with E-state index in [-0.39, 0.29) is 17.8 Å². The lowest BCUT2D eigenvalue weighted by atomic mass is 9.97. The molecule has 0 unspecified atom stereocenters. The molecule has 0 spiro atoms. The average molecular weight is 358 g/mol. The highest BCUT2D eigenvalue weighted by Gasteiger charge is 2.26. The SMILES string of the molecule is COC(=O)C1CCN(C(=O)/C=C/c2ccc(Br)s2)CC1. The number of likely N-dealkylation sites (tertiary alicyclic amines) is 1. The van der Waals surface area contributed by atoms with E-state index in [0.29, 0.717) is 25.9 Å². The van der Waals surface area contributed by atoms with Gasteiger partial charge in [-0.25, -0.2) is 0 Å². The first-order chi connectivity index (χ1) is 9.60. The molecule has 20 heavy (non-hydrogen) atoms. The Balaban J connectivity index is 1.86. The molecule has 6 heteroatoms. The van der Waals surface area contributed by atoms with Crippen LogP contribution in [0.1, 0.15) is 17.7 Å². The lowest BCUT2D eigenvalue weighted by Crippen LogP contribution is -2.39. The molecule has 1 aromatic rings. The number of ether oxygens (including phenoxy) is 1. The van der Waals surface area contributed by atoms with Crippen molar-refractivity contribution in [2.24, 2.45) is 5.92 Å². The number of methoxy groups -OCH3 is 1. The average Bonchev–Trinajstić information content (AvgIpc) is 2.89. The zero-order valence-electron chi connectivity index (χ0n) is 11.2. The summed E-state index contributed by atoms with van der Waals surface area (Å²) in [4.78, 5) is 26.3. The van der Waals surface area contributed by atoms with Gasteiger partial charge in [-0.15, -0.1) is 11.3 Å². The van der Waals surface area contributed by atoms with Crippen molar-refractivity contribution in [3.8, 4) is 0 Å². The Morgan fingerprint density at radius 1 is 1.40 bits per heavy atom. The van der Waals surface area contributed by atoms with Crippen LogP contribution in [-0.4, -0.2) is 37.0 Å². The van der Waals surface area contributed by atoms with Gasteiger partial charge in [0.15, 0.2) is 0 Å². The van der Waals surface area contributed by atoms with Gasteiger partial charge in [-0.3, -0.25) is 9.59 Å². The van der Waals surface area contributed by atoms with Crippen LogP contribution in [-0.2, 0) is 14.3 Å². The van der Waals surface area contributed by atoms with Crippen LogP contribution in [0.3, 0.4) is 0 Å². The van der Waals surface area contributed by atoms with E-state index in [2.05, 4.69) is 15.9 Å². The van der Waals surface area contributed by atoms with Crippen LogP contribution in [0.2, 0.25) is 0 Å². The van der Waals surface area contributed by atoms with E-state index in [1.54, 1.807) is 22.3 Å². The summed E-state index contributed by atoms with van der Waals surface area (Å²) in [5.74, 6) is -0.241. The fourth-order valence-electron chi connectivity index (χ4n) is 2.18. The van der Waals surface area contributed by atoms with Crippen LogP contribution >= 0.6 is 27.3 Å². The standard InChI is InChI=1S/C14H16BrNO3S/c1-19-14(18)10-6-8-16(9-7-10)13(17)5-3-11-2-4-12(15)20-11/h2-5,10H,6-9H2,1H3/b5-3+. The number of hydrogen-bond donors (Lipinski definition) is 0. The molecule has 4 nitrogen and oxygen atoms in total. The second kappa shape index (κ2) is 7.04. The minimum absolute atomic E-state index is 0.00200. The molecule has 0 bridgehead atoms. The van der Waals surface area contributed by atoms with Crippen LogP contribution in [0.4, 0.5) is 0 Å². The normalized spacial score (nSPS) is 16.6. The van der Waals surface area contributed by atoms with Gasteiger partial charge in [-0.2, -0.15) is 0 Å². The molecule has 0 aliphatic carbocycles. The second-order valence-electron chi connectivity index (χ2n) is 4.60. The molecule has 1 aliphatic heterocycles. The van der Waals surface area contributed by atoms with Crippen molar-refractivity contribution >= 4 is 45.2 Å². The topological polar surface area (TPSA) is 46.6 Å². The minimum Gasteiger partial charge on any atom is -0.469 e. The van der Waals surface area contributed by atoms with Crippen LogP contribution < -0.4 is 0 Å². The van der Waals surface area contributed by atoms with Gasteiger partial charge in [0.1, 0.15) is 0 Å². The van der Waals surface area contributed by atoms with Crippen LogP contribution in [0.25, 0.3) is 6.08 Å². The summed E-state index contributed by atoms with van der Waals surface area (Å²) in [6, 6.07) is 3.92. The van der Waals surface area contributed by atoms with Crippen molar-refractivity contribution in [3.63, 3.8) is 0 Å². The summed E-state index contributed by atoms with van der Waals surface area (Å²) in [6.07, 6.45) is 4.77. The number of halogens is 1. The van der Waals surface area contributed by atoms with Crippen molar-refractivity contribution in [2.75, 3.05) is 20.2 Å². The summed E-state index contributed by atoms with van der Waals surface area (Å²) in [5.41, 5.74) is 0. The van der Waals surface area contributed by atoms with Gasteiger partial charge in [0.05, 0.1) is 16.8 Å². The number of piperidine rings is 1. The molecular formula is C14H16BrNO3S. The number of carbonyl (C=O) groups is 2. The highest BCUT2D eigenvalue weighted by atomic mass is 79.9. The number of hydrogen-bond acceptors (Lipinski definition) is 4. The van der Waals surface area contributed by atoms with E-state index < -0.39 is 0 Å². The van der Waals surface area contributed by atoms with Gasteiger partial charge >= 0.3 is 5.97 Å². The number of carbonyl (C=O) groups excluding carboxylic acids is 2. The van der Waals surface area contributed by atoms with Crippen LogP contribution in [0.5, 0.6) is 0 Å². The highest BCUT2D eigenvalue weighted by Crippen LogP contribution is 2.23. The lowest BCUT2D eigenvalue weighted by molar-refractivity contribution is -0.148. The zero-order chi connectivity index (χ0) is 14.5. The third kappa shape index (κ3) is 3.93. The molecular weight excluding hydrogens is 342 g/mol. The minimum atomic E-state index is -0.170. The maximum absolute atomic E-state index is 12.0. The molecule has 108 valence electrons.